The van der Waals surface area contributed by atoms with E-state index in [0.717, 1.165) is 0 Å². The maximum absolute atomic E-state index is 11.9. The van der Waals surface area contributed by atoms with Gasteiger partial charge in [-0.1, -0.05) is 18.2 Å². The minimum atomic E-state index is -0.547. The molecular weight excluding hydrogens is 254 g/mol. The number of nitriles is 1. The number of nitrogens with zero attached hydrogens (tertiary/aromatic N) is 2. The molecule has 1 heterocycles. The van der Waals surface area contributed by atoms with Gasteiger partial charge < -0.3 is 10.4 Å². The Kier molecular flexibility index (Phi) is 4.10. The van der Waals surface area contributed by atoms with Crippen LogP contribution in [-0.2, 0) is 4.79 Å². The Morgan fingerprint density at radius 1 is 1.30 bits per heavy atom. The molecule has 0 aliphatic carbocycles. The number of aromatic hydroxyl groups is 1. The molecule has 5 nitrogen and oxygen atoms in total. The van der Waals surface area contributed by atoms with E-state index in [-0.39, 0.29) is 11.3 Å². The lowest BCUT2D eigenvalue weighted by molar-refractivity contribution is -0.112. The van der Waals surface area contributed by atoms with Gasteiger partial charge in [0.2, 0.25) is 0 Å². The fourth-order valence-electron chi connectivity index (χ4n) is 1.55. The van der Waals surface area contributed by atoms with Crippen LogP contribution in [0.4, 0.5) is 5.82 Å². The molecule has 1 amide bonds. The summed E-state index contributed by atoms with van der Waals surface area (Å²) in [6, 6.07) is 13.2. The molecule has 0 atom stereocenters. The highest BCUT2D eigenvalue weighted by atomic mass is 16.3. The van der Waals surface area contributed by atoms with Crippen LogP contribution in [0.15, 0.2) is 54.2 Å². The number of amides is 1. The Morgan fingerprint density at radius 2 is 2.15 bits per heavy atom. The SMILES string of the molecule is N#C/C(=C\c1cccc(O)c1)C(=O)Nc1ccccn1. The van der Waals surface area contributed by atoms with E-state index >= 15 is 0 Å². The first-order chi connectivity index (χ1) is 9.69. The molecule has 2 rings (SSSR count). The number of carbonyl (C=O) groups is 1. The van der Waals surface area contributed by atoms with E-state index in [1.165, 1.54) is 18.2 Å². The van der Waals surface area contributed by atoms with Crippen LogP contribution in [0.5, 0.6) is 5.75 Å². The second-order valence-corrected chi connectivity index (χ2v) is 3.93. The van der Waals surface area contributed by atoms with Crippen LogP contribution in [0.1, 0.15) is 5.56 Å². The van der Waals surface area contributed by atoms with Crippen LogP contribution in [0.25, 0.3) is 6.08 Å². The first kappa shape index (κ1) is 13.3. The molecule has 2 aromatic rings. The van der Waals surface area contributed by atoms with E-state index in [2.05, 4.69) is 10.3 Å². The van der Waals surface area contributed by atoms with Crippen LogP contribution in [-0.4, -0.2) is 16.0 Å². The van der Waals surface area contributed by atoms with Gasteiger partial charge in [-0.25, -0.2) is 4.98 Å². The van der Waals surface area contributed by atoms with E-state index in [1.54, 1.807) is 36.5 Å². The van der Waals surface area contributed by atoms with Gasteiger partial charge in [0.1, 0.15) is 23.2 Å². The zero-order valence-corrected chi connectivity index (χ0v) is 10.4. The third-order valence-electron chi connectivity index (χ3n) is 2.45. The summed E-state index contributed by atoms with van der Waals surface area (Å²) in [5.74, 6) is -0.106. The summed E-state index contributed by atoms with van der Waals surface area (Å²) < 4.78 is 0. The summed E-state index contributed by atoms with van der Waals surface area (Å²) >= 11 is 0. The normalized spacial score (nSPS) is 10.7. The molecule has 0 unspecified atom stereocenters. The number of anilines is 1. The molecule has 0 bridgehead atoms. The fourth-order valence-corrected chi connectivity index (χ4v) is 1.55. The molecule has 0 aliphatic rings. The second kappa shape index (κ2) is 6.16. The lowest BCUT2D eigenvalue weighted by Crippen LogP contribution is -2.14. The van der Waals surface area contributed by atoms with Gasteiger partial charge in [0.25, 0.3) is 5.91 Å². The lowest BCUT2D eigenvalue weighted by atomic mass is 10.1. The smallest absolute Gasteiger partial charge is 0.267 e. The average molecular weight is 265 g/mol. The molecule has 98 valence electrons. The Balaban J connectivity index is 2.20. The van der Waals surface area contributed by atoms with Crippen molar-refractivity contribution in [3.05, 3.63) is 59.8 Å². The molecule has 0 aliphatic heterocycles. The number of rotatable bonds is 3. The van der Waals surface area contributed by atoms with Gasteiger partial charge in [0.15, 0.2) is 0 Å². The van der Waals surface area contributed by atoms with Crippen molar-refractivity contribution in [2.75, 3.05) is 5.32 Å². The van der Waals surface area contributed by atoms with Gasteiger partial charge in [-0.3, -0.25) is 4.79 Å². The standard InChI is InChI=1S/C15H11N3O2/c16-10-12(8-11-4-3-5-13(19)9-11)15(20)18-14-6-1-2-7-17-14/h1-9,19H,(H,17,18,20)/b12-8+. The topological polar surface area (TPSA) is 86.0 Å². The maximum atomic E-state index is 11.9. The van der Waals surface area contributed by atoms with E-state index in [0.29, 0.717) is 11.4 Å². The summed E-state index contributed by atoms with van der Waals surface area (Å²) in [6.45, 7) is 0. The van der Waals surface area contributed by atoms with Crippen molar-refractivity contribution < 1.29 is 9.90 Å². The van der Waals surface area contributed by atoms with Crippen molar-refractivity contribution in [3.8, 4) is 11.8 Å². The largest absolute Gasteiger partial charge is 0.508 e. The maximum Gasteiger partial charge on any atom is 0.267 e. The quantitative estimate of drug-likeness (QED) is 0.658. The minimum Gasteiger partial charge on any atom is -0.508 e. The van der Waals surface area contributed by atoms with E-state index in [9.17, 15) is 9.90 Å². The monoisotopic (exact) mass is 265 g/mol. The highest BCUT2D eigenvalue weighted by Crippen LogP contribution is 2.14. The first-order valence-corrected chi connectivity index (χ1v) is 5.82. The minimum absolute atomic E-state index is 0.0683. The van der Waals surface area contributed by atoms with Crippen LogP contribution >= 0.6 is 0 Å². The van der Waals surface area contributed by atoms with E-state index in [1.807, 2.05) is 6.07 Å². The molecule has 20 heavy (non-hydrogen) atoms. The van der Waals surface area contributed by atoms with E-state index in [4.69, 9.17) is 5.26 Å². The molecule has 0 saturated carbocycles. The van der Waals surface area contributed by atoms with Crippen LogP contribution in [0, 0.1) is 11.3 Å². The molecule has 0 spiro atoms. The van der Waals surface area contributed by atoms with Crippen molar-refractivity contribution in [3.63, 3.8) is 0 Å². The number of phenolic OH excluding ortho intramolecular Hbond substituents is 1. The van der Waals surface area contributed by atoms with Crippen molar-refractivity contribution >= 4 is 17.8 Å². The zero-order valence-electron chi connectivity index (χ0n) is 10.4. The number of aromatic nitrogens is 1. The molecule has 1 aromatic heterocycles. The van der Waals surface area contributed by atoms with Gasteiger partial charge >= 0.3 is 0 Å². The highest BCUT2D eigenvalue weighted by Gasteiger charge is 2.09. The Labute approximate surface area is 115 Å². The van der Waals surface area contributed by atoms with Crippen molar-refractivity contribution in [1.29, 1.82) is 5.26 Å². The molecule has 0 fully saturated rings. The molecular formula is C15H11N3O2. The van der Waals surface area contributed by atoms with Gasteiger partial charge in [-0.05, 0) is 35.9 Å². The Hall–Kier alpha value is -3.13. The first-order valence-electron chi connectivity index (χ1n) is 5.82. The van der Waals surface area contributed by atoms with Gasteiger partial charge in [-0.2, -0.15) is 5.26 Å². The van der Waals surface area contributed by atoms with E-state index < -0.39 is 5.91 Å². The predicted octanol–water partition coefficient (Wildman–Crippen LogP) is 2.33. The summed E-state index contributed by atoms with van der Waals surface area (Å²) in [6.07, 6.45) is 2.94. The van der Waals surface area contributed by atoms with Crippen molar-refractivity contribution in [2.24, 2.45) is 0 Å². The Morgan fingerprint density at radius 3 is 2.80 bits per heavy atom. The van der Waals surface area contributed by atoms with Gasteiger partial charge in [0, 0.05) is 6.20 Å². The zero-order chi connectivity index (χ0) is 14.4. The highest BCUT2D eigenvalue weighted by molar-refractivity contribution is 6.09. The van der Waals surface area contributed by atoms with Gasteiger partial charge in [-0.15, -0.1) is 0 Å². The van der Waals surface area contributed by atoms with Crippen molar-refractivity contribution in [1.82, 2.24) is 4.98 Å². The number of pyridine rings is 1. The third-order valence-corrected chi connectivity index (χ3v) is 2.45. The number of benzene rings is 1. The third kappa shape index (κ3) is 3.43. The lowest BCUT2D eigenvalue weighted by Gasteiger charge is -2.02. The van der Waals surface area contributed by atoms with Crippen molar-refractivity contribution in [2.45, 2.75) is 0 Å². The number of hydrogen-bond acceptors (Lipinski definition) is 4. The number of carbonyl (C=O) groups excluding carboxylic acids is 1. The second-order valence-electron chi connectivity index (χ2n) is 3.93. The summed E-state index contributed by atoms with van der Waals surface area (Å²) in [4.78, 5) is 15.9. The molecule has 2 N–H and O–H groups in total. The summed E-state index contributed by atoms with van der Waals surface area (Å²) in [5.41, 5.74) is 0.499. The van der Waals surface area contributed by atoms with Gasteiger partial charge in [0.05, 0.1) is 0 Å². The number of hydrogen-bond donors (Lipinski definition) is 2. The Bertz CT molecular complexity index is 688. The molecule has 5 heteroatoms. The summed E-state index contributed by atoms with van der Waals surface area (Å²) in [5, 5.41) is 20.9. The predicted molar refractivity (Wildman–Crippen MR) is 74.6 cm³/mol. The fraction of sp³-hybridized carbons (Fsp3) is 0. The number of phenols is 1. The molecule has 0 saturated heterocycles. The number of nitrogens with one attached hydrogen (secondary N) is 1. The molecule has 1 aromatic carbocycles. The molecule has 0 radical (unpaired) electrons. The van der Waals surface area contributed by atoms with Crippen LogP contribution in [0.2, 0.25) is 0 Å². The average Bonchev–Trinajstić information content (AvgIpc) is 2.46. The summed E-state index contributed by atoms with van der Waals surface area (Å²) in [7, 11) is 0. The van der Waals surface area contributed by atoms with Crippen LogP contribution < -0.4 is 5.32 Å². The van der Waals surface area contributed by atoms with Crippen LogP contribution in [0.3, 0.4) is 0 Å².